The molecule has 0 bridgehead atoms. The summed E-state index contributed by atoms with van der Waals surface area (Å²) in [6.07, 6.45) is 1.49. The molecule has 0 spiro atoms. The maximum atomic E-state index is 12.0. The molecular weight excluding hydrogens is 246 g/mol. The molecule has 2 aromatic rings. The number of carboxylic acid groups (broad SMARTS) is 1. The largest absolute Gasteiger partial charge is 0.480 e. The summed E-state index contributed by atoms with van der Waals surface area (Å²) in [6.45, 7) is 1.38. The molecule has 98 valence electrons. The highest BCUT2D eigenvalue weighted by Crippen LogP contribution is 2.23. The van der Waals surface area contributed by atoms with Crippen LogP contribution in [0.15, 0.2) is 30.5 Å². The number of carbonyl (C=O) groups excluding carboxylic acids is 1. The molecule has 1 aromatic carbocycles. The zero-order valence-electron chi connectivity index (χ0n) is 10.3. The topological polar surface area (TPSA) is 105 Å². The third-order valence-corrected chi connectivity index (χ3v) is 2.76. The molecule has 1 unspecified atom stereocenters. The first-order valence-corrected chi connectivity index (χ1v) is 5.67. The fraction of sp³-hybridized carbons (Fsp3) is 0.154. The van der Waals surface area contributed by atoms with E-state index in [0.29, 0.717) is 11.1 Å². The molecule has 2 rings (SSSR count). The van der Waals surface area contributed by atoms with Gasteiger partial charge in [0.15, 0.2) is 0 Å². The van der Waals surface area contributed by atoms with E-state index >= 15 is 0 Å². The summed E-state index contributed by atoms with van der Waals surface area (Å²) in [6, 6.07) is 6.00. The molecule has 1 heterocycles. The number of nitrogens with one attached hydrogen (secondary N) is 1. The van der Waals surface area contributed by atoms with E-state index in [1.165, 1.54) is 13.1 Å². The highest BCUT2D eigenvalue weighted by atomic mass is 16.4. The van der Waals surface area contributed by atoms with Crippen molar-refractivity contribution in [3.05, 3.63) is 36.2 Å². The van der Waals surface area contributed by atoms with Gasteiger partial charge >= 0.3 is 5.97 Å². The number of carbonyl (C=O) groups is 2. The Morgan fingerprint density at radius 3 is 2.79 bits per heavy atom. The van der Waals surface area contributed by atoms with Crippen LogP contribution in [0.2, 0.25) is 0 Å². The Balaban J connectivity index is 2.45. The van der Waals surface area contributed by atoms with Crippen molar-refractivity contribution >= 4 is 28.3 Å². The van der Waals surface area contributed by atoms with Crippen molar-refractivity contribution in [3.63, 3.8) is 0 Å². The van der Waals surface area contributed by atoms with Gasteiger partial charge < -0.3 is 16.2 Å². The van der Waals surface area contributed by atoms with E-state index in [0.717, 1.165) is 5.39 Å². The van der Waals surface area contributed by atoms with Crippen LogP contribution in [-0.2, 0) is 4.79 Å². The third kappa shape index (κ3) is 2.47. The van der Waals surface area contributed by atoms with Gasteiger partial charge in [-0.2, -0.15) is 0 Å². The molecule has 1 atom stereocenters. The summed E-state index contributed by atoms with van der Waals surface area (Å²) in [5.74, 6) is -1.67. The summed E-state index contributed by atoms with van der Waals surface area (Å²) < 4.78 is 0. The average Bonchev–Trinajstić information content (AvgIpc) is 2.38. The van der Waals surface area contributed by atoms with Gasteiger partial charge in [-0.3, -0.25) is 14.6 Å². The average molecular weight is 259 g/mol. The minimum absolute atomic E-state index is 0.128. The smallest absolute Gasteiger partial charge is 0.325 e. The van der Waals surface area contributed by atoms with Gasteiger partial charge in [0.2, 0.25) is 0 Å². The number of nitrogens with zero attached hydrogens (tertiary/aromatic N) is 1. The van der Waals surface area contributed by atoms with E-state index in [4.69, 9.17) is 10.8 Å². The Kier molecular flexibility index (Phi) is 3.33. The number of carboxylic acids is 1. The van der Waals surface area contributed by atoms with Gasteiger partial charge in [0.25, 0.3) is 5.91 Å². The van der Waals surface area contributed by atoms with Crippen LogP contribution in [0.25, 0.3) is 10.8 Å². The van der Waals surface area contributed by atoms with E-state index in [-0.39, 0.29) is 5.69 Å². The minimum Gasteiger partial charge on any atom is -0.480 e. The first-order chi connectivity index (χ1) is 9.00. The van der Waals surface area contributed by atoms with Crippen molar-refractivity contribution in [2.24, 2.45) is 0 Å². The highest BCUT2D eigenvalue weighted by Gasteiger charge is 2.18. The minimum atomic E-state index is -1.11. The van der Waals surface area contributed by atoms with Gasteiger partial charge in [-0.25, -0.2) is 0 Å². The molecule has 0 aliphatic rings. The number of benzene rings is 1. The summed E-state index contributed by atoms with van der Waals surface area (Å²) in [5.41, 5.74) is 6.41. The molecule has 0 fully saturated rings. The Morgan fingerprint density at radius 2 is 2.11 bits per heavy atom. The molecule has 19 heavy (non-hydrogen) atoms. The zero-order chi connectivity index (χ0) is 14.0. The van der Waals surface area contributed by atoms with Crippen molar-refractivity contribution in [3.8, 4) is 0 Å². The van der Waals surface area contributed by atoms with Gasteiger partial charge in [-0.15, -0.1) is 0 Å². The van der Waals surface area contributed by atoms with Crippen LogP contribution in [0.1, 0.15) is 17.4 Å². The lowest BCUT2D eigenvalue weighted by atomic mass is 10.1. The zero-order valence-corrected chi connectivity index (χ0v) is 10.3. The van der Waals surface area contributed by atoms with Gasteiger partial charge in [0.05, 0.1) is 0 Å². The van der Waals surface area contributed by atoms with Crippen LogP contribution in [0.3, 0.4) is 0 Å². The van der Waals surface area contributed by atoms with Crippen molar-refractivity contribution in [1.82, 2.24) is 10.3 Å². The Bertz CT molecular complexity index is 649. The highest BCUT2D eigenvalue weighted by molar-refractivity contribution is 6.10. The van der Waals surface area contributed by atoms with E-state index in [1.54, 1.807) is 18.2 Å². The Morgan fingerprint density at radius 1 is 1.37 bits per heavy atom. The third-order valence-electron chi connectivity index (χ3n) is 2.76. The number of aromatic nitrogens is 1. The van der Waals surface area contributed by atoms with Crippen LogP contribution < -0.4 is 11.1 Å². The summed E-state index contributed by atoms with van der Waals surface area (Å²) in [5, 5.41) is 12.5. The lowest BCUT2D eigenvalue weighted by molar-refractivity contribution is -0.138. The molecule has 6 heteroatoms. The van der Waals surface area contributed by atoms with Crippen LogP contribution in [0, 0.1) is 0 Å². The predicted molar refractivity (Wildman–Crippen MR) is 70.7 cm³/mol. The monoisotopic (exact) mass is 259 g/mol. The van der Waals surface area contributed by atoms with Crippen molar-refractivity contribution in [1.29, 1.82) is 0 Å². The van der Waals surface area contributed by atoms with Gasteiger partial charge in [0.1, 0.15) is 11.7 Å². The lowest BCUT2D eigenvalue weighted by Gasteiger charge is -2.11. The number of anilines is 1. The molecular formula is C13H13N3O3. The van der Waals surface area contributed by atoms with E-state index < -0.39 is 17.9 Å². The number of hydrogen-bond acceptors (Lipinski definition) is 4. The van der Waals surface area contributed by atoms with Crippen LogP contribution >= 0.6 is 0 Å². The molecule has 0 aliphatic heterocycles. The number of pyridine rings is 1. The maximum absolute atomic E-state index is 12.0. The first kappa shape index (κ1) is 12.8. The number of hydrogen-bond donors (Lipinski definition) is 3. The number of nitrogens with two attached hydrogens (primary N) is 1. The molecule has 0 saturated heterocycles. The number of aliphatic carboxylic acids is 1. The van der Waals surface area contributed by atoms with E-state index in [1.807, 2.05) is 6.07 Å². The normalized spacial score (nSPS) is 12.1. The van der Waals surface area contributed by atoms with E-state index in [2.05, 4.69) is 10.3 Å². The molecule has 4 N–H and O–H groups in total. The van der Waals surface area contributed by atoms with Crippen LogP contribution in [0.4, 0.5) is 5.69 Å². The quantitative estimate of drug-likeness (QED) is 0.714. The molecule has 0 aliphatic carbocycles. The fourth-order valence-electron chi connectivity index (χ4n) is 1.76. The van der Waals surface area contributed by atoms with Gasteiger partial charge in [0, 0.05) is 17.3 Å². The molecule has 0 radical (unpaired) electrons. The standard InChI is InChI=1S/C13H13N3O3/c1-7(13(18)19)16-12(17)11-10-8(5-6-15-11)3-2-4-9(10)14/h2-7H,14H2,1H3,(H,16,17)(H,18,19). The number of amides is 1. The summed E-state index contributed by atoms with van der Waals surface area (Å²) >= 11 is 0. The van der Waals surface area contributed by atoms with Crippen molar-refractivity contribution in [2.75, 3.05) is 5.73 Å². The van der Waals surface area contributed by atoms with Crippen molar-refractivity contribution in [2.45, 2.75) is 13.0 Å². The second-order valence-electron chi connectivity index (χ2n) is 4.14. The predicted octanol–water partition coefficient (Wildman–Crippen LogP) is 1.02. The number of fused-ring (bicyclic) bond motifs is 1. The number of nitrogen functional groups attached to an aromatic ring is 1. The second kappa shape index (κ2) is 4.93. The lowest BCUT2D eigenvalue weighted by Crippen LogP contribution is -2.38. The molecule has 1 aromatic heterocycles. The van der Waals surface area contributed by atoms with Gasteiger partial charge in [-0.1, -0.05) is 12.1 Å². The molecule has 1 amide bonds. The number of rotatable bonds is 3. The van der Waals surface area contributed by atoms with Gasteiger partial charge in [-0.05, 0) is 24.4 Å². The van der Waals surface area contributed by atoms with Crippen LogP contribution in [-0.4, -0.2) is 28.0 Å². The summed E-state index contributed by atoms with van der Waals surface area (Å²) in [4.78, 5) is 26.8. The van der Waals surface area contributed by atoms with Crippen molar-refractivity contribution < 1.29 is 14.7 Å². The second-order valence-corrected chi connectivity index (χ2v) is 4.14. The SMILES string of the molecule is CC(NC(=O)c1nccc2cccc(N)c12)C(=O)O. The fourth-order valence-corrected chi connectivity index (χ4v) is 1.76. The molecule has 6 nitrogen and oxygen atoms in total. The summed E-state index contributed by atoms with van der Waals surface area (Å²) in [7, 11) is 0. The van der Waals surface area contributed by atoms with E-state index in [9.17, 15) is 9.59 Å². The van der Waals surface area contributed by atoms with Crippen LogP contribution in [0.5, 0.6) is 0 Å². The first-order valence-electron chi connectivity index (χ1n) is 5.67. The Labute approximate surface area is 109 Å². The molecule has 0 saturated carbocycles. The Hall–Kier alpha value is -2.63. The maximum Gasteiger partial charge on any atom is 0.325 e.